The molecule has 0 rings (SSSR count). The van der Waals surface area contributed by atoms with Gasteiger partial charge >= 0.3 is 5.97 Å². The number of carboxylic acids is 1. The fraction of sp³-hybridized carbons (Fsp3) is 0.750. The summed E-state index contributed by atoms with van der Waals surface area (Å²) in [5.41, 5.74) is 27.1. The van der Waals surface area contributed by atoms with E-state index in [4.69, 9.17) is 28.7 Å². The van der Waals surface area contributed by atoms with Crippen LogP contribution in [0, 0.1) is 17.8 Å². The van der Waals surface area contributed by atoms with Gasteiger partial charge in [-0.1, -0.05) is 41.5 Å². The SMILES string of the molecule is CC(C)C[C@H](NC(=O)[C@H](CC(C)C)NC(=O)[C@H](CC(C)C)NC(=O)[C@H](CC(N)=O)NC(=O)[C@H](CC(N)=O)NC(=O)CN)C(=O)N[C@@H](CCCCN)C(=O)N[C@@H](CCCCN)C(=O)O. The third-order valence-electron chi connectivity index (χ3n) is 9.44. The minimum Gasteiger partial charge on any atom is -0.480 e. The van der Waals surface area contributed by atoms with Crippen molar-refractivity contribution in [3.63, 3.8) is 0 Å². The molecule has 23 heteroatoms. The van der Waals surface area contributed by atoms with E-state index in [0.717, 1.165) is 0 Å². The zero-order valence-electron chi connectivity index (χ0n) is 37.6. The number of carbonyl (C=O) groups excluding carboxylic acids is 9. The highest BCUT2D eigenvalue weighted by Gasteiger charge is 2.35. The zero-order valence-corrected chi connectivity index (χ0v) is 37.6. The molecule has 0 fully saturated rings. The van der Waals surface area contributed by atoms with Crippen LogP contribution in [0.2, 0.25) is 0 Å². The third-order valence-corrected chi connectivity index (χ3v) is 9.44. The van der Waals surface area contributed by atoms with E-state index in [0.29, 0.717) is 38.8 Å². The summed E-state index contributed by atoms with van der Waals surface area (Å²) in [4.78, 5) is 129. The lowest BCUT2D eigenvalue weighted by atomic mass is 9.98. The molecule has 23 nitrogen and oxygen atoms in total. The molecule has 0 saturated heterocycles. The smallest absolute Gasteiger partial charge is 0.326 e. The van der Waals surface area contributed by atoms with Gasteiger partial charge in [0.1, 0.15) is 42.3 Å². The molecule has 0 aliphatic rings. The molecule has 0 saturated carbocycles. The first-order valence-corrected chi connectivity index (χ1v) is 21.5. The average molecular weight is 899 g/mol. The molecule has 0 spiro atoms. The summed E-state index contributed by atoms with van der Waals surface area (Å²) in [5.74, 6) is -9.70. The van der Waals surface area contributed by atoms with Crippen molar-refractivity contribution in [1.29, 1.82) is 0 Å². The molecule has 0 aliphatic carbocycles. The van der Waals surface area contributed by atoms with Gasteiger partial charge in [0, 0.05) is 0 Å². The molecule has 0 aliphatic heterocycles. The van der Waals surface area contributed by atoms with Gasteiger partial charge in [-0.2, -0.15) is 0 Å². The standard InChI is InChI=1S/C40H74N12O11/c1-21(2)15-26(35(57)47-24(11-7-9-13-41)34(56)48-25(40(62)63)12-8-10-14-42)49-36(58)27(16-22(3)4)50-37(59)28(17-23(5)6)51-39(61)30(19-32(45)54)52-38(60)29(18-31(44)53)46-33(55)20-43/h21-30H,7-20,41-43H2,1-6H3,(H2,44,53)(H2,45,54)(H,46,55)(H,47,57)(H,48,56)(H,49,58)(H,50,59)(H,51,61)(H,52,60)(H,62,63)/t24-,25-,26-,27-,28-,29-,30-/m0/s1. The van der Waals surface area contributed by atoms with E-state index in [-0.39, 0.29) is 49.9 Å². The highest BCUT2D eigenvalue weighted by molar-refractivity contribution is 5.99. The van der Waals surface area contributed by atoms with Crippen LogP contribution in [0.4, 0.5) is 0 Å². The molecule has 63 heavy (non-hydrogen) atoms. The Morgan fingerprint density at radius 2 is 0.698 bits per heavy atom. The summed E-state index contributed by atoms with van der Waals surface area (Å²) in [6, 6.07) is -9.42. The molecule has 0 radical (unpaired) electrons. The highest BCUT2D eigenvalue weighted by atomic mass is 16.4. The van der Waals surface area contributed by atoms with E-state index in [2.05, 4.69) is 37.2 Å². The van der Waals surface area contributed by atoms with Gasteiger partial charge in [-0.05, 0) is 88.6 Å². The minimum atomic E-state index is -1.68. The van der Waals surface area contributed by atoms with E-state index in [1.807, 2.05) is 13.8 Å². The maximum atomic E-state index is 14.0. The quantitative estimate of drug-likeness (QED) is 0.0285. The topological polar surface area (TPSA) is 405 Å². The molecule has 7 atom stereocenters. The fourth-order valence-corrected chi connectivity index (χ4v) is 6.33. The highest BCUT2D eigenvalue weighted by Crippen LogP contribution is 2.13. The second-order valence-electron chi connectivity index (χ2n) is 16.8. The number of nitrogens with one attached hydrogen (secondary N) is 7. The van der Waals surface area contributed by atoms with E-state index in [9.17, 15) is 53.1 Å². The van der Waals surface area contributed by atoms with E-state index in [1.54, 1.807) is 27.7 Å². The predicted molar refractivity (Wildman–Crippen MR) is 232 cm³/mol. The first kappa shape index (κ1) is 57.6. The molecule has 18 N–H and O–H groups in total. The van der Waals surface area contributed by atoms with Crippen LogP contribution in [0.1, 0.15) is 112 Å². The number of nitrogens with two attached hydrogens (primary N) is 5. The molecule has 0 aromatic carbocycles. The molecular weight excluding hydrogens is 825 g/mol. The van der Waals surface area contributed by atoms with Gasteiger partial charge in [0.15, 0.2) is 0 Å². The van der Waals surface area contributed by atoms with Crippen molar-refractivity contribution in [2.75, 3.05) is 19.6 Å². The third kappa shape index (κ3) is 24.7. The van der Waals surface area contributed by atoms with E-state index in [1.165, 1.54) is 0 Å². The summed E-state index contributed by atoms with van der Waals surface area (Å²) in [6.45, 7) is 10.8. The molecule has 0 aromatic rings. The molecule has 0 aromatic heterocycles. The van der Waals surface area contributed by atoms with Crippen LogP contribution in [0.25, 0.3) is 0 Å². The summed E-state index contributed by atoms with van der Waals surface area (Å²) in [5, 5.41) is 27.3. The van der Waals surface area contributed by atoms with Gasteiger partial charge in [-0.15, -0.1) is 0 Å². The largest absolute Gasteiger partial charge is 0.480 e. The molecule has 9 amide bonds. The molecule has 0 bridgehead atoms. The van der Waals surface area contributed by atoms with Crippen molar-refractivity contribution in [2.45, 2.75) is 154 Å². The minimum absolute atomic E-state index is 0.0173. The lowest BCUT2D eigenvalue weighted by Crippen LogP contribution is -2.60. The zero-order chi connectivity index (χ0) is 48.4. The van der Waals surface area contributed by atoms with Gasteiger partial charge in [-0.25, -0.2) is 4.79 Å². The Balaban J connectivity index is 6.50. The maximum absolute atomic E-state index is 14.0. The van der Waals surface area contributed by atoms with Crippen molar-refractivity contribution in [3.8, 4) is 0 Å². The van der Waals surface area contributed by atoms with Gasteiger partial charge in [0.05, 0.1) is 19.4 Å². The van der Waals surface area contributed by atoms with Crippen molar-refractivity contribution in [2.24, 2.45) is 46.4 Å². The first-order chi connectivity index (χ1) is 29.4. The van der Waals surface area contributed by atoms with Gasteiger partial charge < -0.3 is 71.0 Å². The maximum Gasteiger partial charge on any atom is 0.326 e. The summed E-state index contributed by atoms with van der Waals surface area (Å²) >= 11 is 0. The number of carbonyl (C=O) groups is 10. The first-order valence-electron chi connectivity index (χ1n) is 21.5. The number of carboxylic acid groups (broad SMARTS) is 1. The Morgan fingerprint density at radius 3 is 1.02 bits per heavy atom. The van der Waals surface area contributed by atoms with Crippen molar-refractivity contribution >= 4 is 59.1 Å². The van der Waals surface area contributed by atoms with Crippen molar-refractivity contribution in [1.82, 2.24) is 37.2 Å². The van der Waals surface area contributed by atoms with Gasteiger partial charge in [0.2, 0.25) is 53.2 Å². The van der Waals surface area contributed by atoms with Crippen LogP contribution in [0.3, 0.4) is 0 Å². The molecular formula is C40H74N12O11. The summed E-state index contributed by atoms with van der Waals surface area (Å²) < 4.78 is 0. The number of hydrogen-bond acceptors (Lipinski definition) is 13. The number of amides is 9. The average Bonchev–Trinajstić information content (AvgIpc) is 3.17. The molecule has 360 valence electrons. The Kier molecular flexibility index (Phi) is 28.0. The lowest BCUT2D eigenvalue weighted by Gasteiger charge is -2.29. The second-order valence-corrected chi connectivity index (χ2v) is 16.8. The van der Waals surface area contributed by atoms with E-state index < -0.39 is 121 Å². The van der Waals surface area contributed by atoms with Crippen LogP contribution in [-0.2, 0) is 47.9 Å². The molecule has 0 unspecified atom stereocenters. The second kappa shape index (κ2) is 30.6. The van der Waals surface area contributed by atoms with Crippen molar-refractivity contribution < 1.29 is 53.1 Å². The Hall–Kier alpha value is -5.42. The predicted octanol–water partition coefficient (Wildman–Crippen LogP) is -3.43. The van der Waals surface area contributed by atoms with Crippen LogP contribution in [0.5, 0.6) is 0 Å². The van der Waals surface area contributed by atoms with Crippen LogP contribution >= 0.6 is 0 Å². The number of primary amides is 2. The Labute approximate surface area is 369 Å². The number of rotatable bonds is 33. The van der Waals surface area contributed by atoms with Gasteiger partial charge in [-0.3, -0.25) is 43.2 Å². The van der Waals surface area contributed by atoms with Crippen LogP contribution in [-0.4, -0.2) is 126 Å². The molecule has 0 heterocycles. The van der Waals surface area contributed by atoms with E-state index >= 15 is 0 Å². The summed E-state index contributed by atoms with van der Waals surface area (Å²) in [6.07, 6.45) is 0.992. The Bertz CT molecular complexity index is 1540. The normalized spacial score (nSPS) is 14.5. The number of hydrogen-bond donors (Lipinski definition) is 13. The van der Waals surface area contributed by atoms with Gasteiger partial charge in [0.25, 0.3) is 0 Å². The lowest BCUT2D eigenvalue weighted by molar-refractivity contribution is -0.142. The monoisotopic (exact) mass is 899 g/mol. The Morgan fingerprint density at radius 1 is 0.413 bits per heavy atom. The van der Waals surface area contributed by atoms with Crippen LogP contribution < -0.4 is 65.9 Å². The number of unbranched alkanes of at least 4 members (excludes halogenated alkanes) is 2. The summed E-state index contributed by atoms with van der Waals surface area (Å²) in [7, 11) is 0. The van der Waals surface area contributed by atoms with Crippen molar-refractivity contribution in [3.05, 3.63) is 0 Å². The van der Waals surface area contributed by atoms with Crippen LogP contribution in [0.15, 0.2) is 0 Å². The fourth-order valence-electron chi connectivity index (χ4n) is 6.33. The number of aliphatic carboxylic acids is 1.